The van der Waals surface area contributed by atoms with Gasteiger partial charge in [0.25, 0.3) is 0 Å². The van der Waals surface area contributed by atoms with Gasteiger partial charge in [0.15, 0.2) is 0 Å². The minimum absolute atomic E-state index is 0.0550. The molecule has 0 aliphatic carbocycles. The molecule has 1 atom stereocenters. The van der Waals surface area contributed by atoms with Crippen molar-refractivity contribution in [1.29, 1.82) is 0 Å². The molecule has 0 radical (unpaired) electrons. The normalized spacial score (nSPS) is 14.4. The third-order valence-electron chi connectivity index (χ3n) is 4.86. The summed E-state index contributed by atoms with van der Waals surface area (Å²) >= 11 is 0. The number of phenols is 2. The van der Waals surface area contributed by atoms with E-state index in [9.17, 15) is 15.0 Å². The van der Waals surface area contributed by atoms with Crippen molar-refractivity contribution in [3.05, 3.63) is 59.7 Å². The van der Waals surface area contributed by atoms with Gasteiger partial charge in [-0.3, -0.25) is 0 Å². The van der Waals surface area contributed by atoms with E-state index in [2.05, 4.69) is 0 Å². The maximum Gasteiger partial charge on any atom is 0.136 e. The lowest BCUT2D eigenvalue weighted by Crippen LogP contribution is -2.12. The Morgan fingerprint density at radius 3 is 2.43 bits per heavy atom. The molecule has 1 heterocycles. The van der Waals surface area contributed by atoms with Gasteiger partial charge in [-0.15, -0.1) is 0 Å². The Labute approximate surface area is 161 Å². The Balaban J connectivity index is 1.89. The quantitative estimate of drug-likeness (QED) is 0.661. The van der Waals surface area contributed by atoms with Gasteiger partial charge >= 0.3 is 0 Å². The standard InChI is InChI=1S/C22H18O6/c1-26-13-6-7-14(19(10-13)27-2)12-8-17(25)22-15(11-23)21-16(24)4-3-5-18(21)28-20(22)9-12/h3-11,15,24-25H,1-2H3. The molecule has 4 rings (SSSR count). The Morgan fingerprint density at radius 1 is 0.929 bits per heavy atom. The second-order valence-corrected chi connectivity index (χ2v) is 6.38. The van der Waals surface area contributed by atoms with Crippen LogP contribution in [0.1, 0.15) is 17.0 Å². The van der Waals surface area contributed by atoms with E-state index in [0.29, 0.717) is 46.0 Å². The van der Waals surface area contributed by atoms with Crippen LogP contribution in [0.4, 0.5) is 0 Å². The average Bonchev–Trinajstić information content (AvgIpc) is 2.71. The smallest absolute Gasteiger partial charge is 0.136 e. The summed E-state index contributed by atoms with van der Waals surface area (Å²) in [6.07, 6.45) is 0.688. The molecule has 28 heavy (non-hydrogen) atoms. The van der Waals surface area contributed by atoms with E-state index in [1.165, 1.54) is 6.07 Å². The summed E-state index contributed by atoms with van der Waals surface area (Å²) in [5.41, 5.74) is 2.05. The maximum atomic E-state index is 11.8. The van der Waals surface area contributed by atoms with Crippen molar-refractivity contribution in [1.82, 2.24) is 0 Å². The molecule has 2 N–H and O–H groups in total. The molecule has 0 bridgehead atoms. The minimum Gasteiger partial charge on any atom is -0.507 e. The first-order valence-electron chi connectivity index (χ1n) is 8.61. The molecule has 0 amide bonds. The van der Waals surface area contributed by atoms with Crippen molar-refractivity contribution < 1.29 is 29.2 Å². The largest absolute Gasteiger partial charge is 0.507 e. The van der Waals surface area contributed by atoms with Gasteiger partial charge in [-0.2, -0.15) is 0 Å². The maximum absolute atomic E-state index is 11.8. The SMILES string of the molecule is COc1ccc(-c2cc(O)c3c(c2)Oc2cccc(O)c2C3C=O)c(OC)c1. The van der Waals surface area contributed by atoms with E-state index in [4.69, 9.17) is 14.2 Å². The van der Waals surface area contributed by atoms with Gasteiger partial charge in [-0.1, -0.05) is 6.07 Å². The summed E-state index contributed by atoms with van der Waals surface area (Å²) in [4.78, 5) is 11.8. The highest BCUT2D eigenvalue weighted by molar-refractivity contribution is 5.82. The fourth-order valence-electron chi connectivity index (χ4n) is 3.53. The first-order chi connectivity index (χ1) is 13.6. The highest BCUT2D eigenvalue weighted by Crippen LogP contribution is 2.51. The van der Waals surface area contributed by atoms with Crippen LogP contribution in [0.5, 0.6) is 34.5 Å². The number of rotatable bonds is 4. The summed E-state index contributed by atoms with van der Waals surface area (Å²) in [6.45, 7) is 0. The number of aromatic hydroxyl groups is 2. The van der Waals surface area contributed by atoms with Crippen LogP contribution in [0.2, 0.25) is 0 Å². The molecule has 6 heteroatoms. The second kappa shape index (κ2) is 6.81. The number of carbonyl (C=O) groups is 1. The molecule has 0 spiro atoms. The minimum atomic E-state index is -0.827. The zero-order valence-corrected chi connectivity index (χ0v) is 15.3. The van der Waals surface area contributed by atoms with Crippen LogP contribution in [0.15, 0.2) is 48.5 Å². The monoisotopic (exact) mass is 378 g/mol. The number of carbonyl (C=O) groups excluding carboxylic acids is 1. The third-order valence-corrected chi connectivity index (χ3v) is 4.86. The van der Waals surface area contributed by atoms with Gasteiger partial charge in [0, 0.05) is 11.6 Å². The molecule has 0 aromatic heterocycles. The Bertz CT molecular complexity index is 1070. The number of hydrogen-bond donors (Lipinski definition) is 2. The number of methoxy groups -OCH3 is 2. The summed E-state index contributed by atoms with van der Waals surface area (Å²) < 4.78 is 16.6. The lowest BCUT2D eigenvalue weighted by molar-refractivity contribution is -0.108. The fraction of sp³-hybridized carbons (Fsp3) is 0.136. The van der Waals surface area contributed by atoms with Gasteiger partial charge in [0.1, 0.15) is 40.8 Å². The van der Waals surface area contributed by atoms with Crippen molar-refractivity contribution in [3.8, 4) is 45.6 Å². The molecule has 3 aromatic carbocycles. The van der Waals surface area contributed by atoms with E-state index in [0.717, 1.165) is 5.56 Å². The van der Waals surface area contributed by atoms with Crippen LogP contribution < -0.4 is 14.2 Å². The van der Waals surface area contributed by atoms with E-state index < -0.39 is 5.92 Å². The highest BCUT2D eigenvalue weighted by atomic mass is 16.5. The molecular weight excluding hydrogens is 360 g/mol. The number of ether oxygens (including phenoxy) is 3. The van der Waals surface area contributed by atoms with Crippen molar-refractivity contribution in [2.24, 2.45) is 0 Å². The van der Waals surface area contributed by atoms with Crippen LogP contribution in [0, 0.1) is 0 Å². The number of fused-ring (bicyclic) bond motifs is 2. The Hall–Kier alpha value is -3.67. The average molecular weight is 378 g/mol. The number of benzene rings is 3. The summed E-state index contributed by atoms with van der Waals surface area (Å²) in [5, 5.41) is 20.9. The summed E-state index contributed by atoms with van der Waals surface area (Å²) in [5.74, 6) is 0.957. The van der Waals surface area contributed by atoms with E-state index in [1.807, 2.05) is 6.07 Å². The molecule has 6 nitrogen and oxygen atoms in total. The van der Waals surface area contributed by atoms with Gasteiger partial charge in [-0.25, -0.2) is 0 Å². The van der Waals surface area contributed by atoms with Crippen molar-refractivity contribution in [2.75, 3.05) is 14.2 Å². The molecule has 142 valence electrons. The van der Waals surface area contributed by atoms with Gasteiger partial charge in [0.2, 0.25) is 0 Å². The van der Waals surface area contributed by atoms with Crippen molar-refractivity contribution in [2.45, 2.75) is 5.92 Å². The molecule has 3 aromatic rings. The molecule has 1 aliphatic heterocycles. The first-order valence-corrected chi connectivity index (χ1v) is 8.61. The molecule has 0 saturated carbocycles. The topological polar surface area (TPSA) is 85.2 Å². The van der Waals surface area contributed by atoms with E-state index >= 15 is 0 Å². The number of hydrogen-bond acceptors (Lipinski definition) is 6. The molecule has 1 aliphatic rings. The predicted octanol–water partition coefficient (Wildman–Crippen LogP) is 4.22. The Kier molecular flexibility index (Phi) is 4.31. The number of aldehydes is 1. The third kappa shape index (κ3) is 2.70. The zero-order chi connectivity index (χ0) is 19.8. The van der Waals surface area contributed by atoms with Gasteiger partial charge < -0.3 is 29.2 Å². The van der Waals surface area contributed by atoms with Gasteiger partial charge in [-0.05, 0) is 42.0 Å². The second-order valence-electron chi connectivity index (χ2n) is 6.38. The molecular formula is C22H18O6. The van der Waals surface area contributed by atoms with Crippen LogP contribution in [0.25, 0.3) is 11.1 Å². The predicted molar refractivity (Wildman–Crippen MR) is 103 cm³/mol. The summed E-state index contributed by atoms with van der Waals surface area (Å²) in [6, 6.07) is 13.4. The van der Waals surface area contributed by atoms with Crippen LogP contribution in [0.3, 0.4) is 0 Å². The van der Waals surface area contributed by atoms with Gasteiger partial charge in [0.05, 0.1) is 31.3 Å². The van der Waals surface area contributed by atoms with Crippen LogP contribution >= 0.6 is 0 Å². The van der Waals surface area contributed by atoms with Crippen LogP contribution in [-0.4, -0.2) is 30.7 Å². The fourth-order valence-corrected chi connectivity index (χ4v) is 3.53. The molecule has 0 saturated heterocycles. The van der Waals surface area contributed by atoms with Crippen molar-refractivity contribution >= 4 is 6.29 Å². The highest BCUT2D eigenvalue weighted by Gasteiger charge is 2.33. The first kappa shape index (κ1) is 17.7. The summed E-state index contributed by atoms with van der Waals surface area (Å²) in [7, 11) is 3.12. The lowest BCUT2D eigenvalue weighted by Gasteiger charge is -2.27. The lowest BCUT2D eigenvalue weighted by atomic mass is 9.86. The Morgan fingerprint density at radius 2 is 1.71 bits per heavy atom. The van der Waals surface area contributed by atoms with Crippen LogP contribution in [-0.2, 0) is 4.79 Å². The van der Waals surface area contributed by atoms with E-state index in [1.54, 1.807) is 50.6 Å². The number of phenolic OH excluding ortho intramolecular Hbond substituents is 2. The van der Waals surface area contributed by atoms with Crippen molar-refractivity contribution in [3.63, 3.8) is 0 Å². The zero-order valence-electron chi connectivity index (χ0n) is 15.3. The molecule has 0 fully saturated rings. The van der Waals surface area contributed by atoms with E-state index in [-0.39, 0.29) is 11.5 Å². The molecule has 1 unspecified atom stereocenters.